The lowest BCUT2D eigenvalue weighted by atomic mass is 9.77. The van der Waals surface area contributed by atoms with Gasteiger partial charge < -0.3 is 14.2 Å². The molecule has 4 aromatic carbocycles. The zero-order valence-electron chi connectivity index (χ0n) is 23.4. The van der Waals surface area contributed by atoms with Gasteiger partial charge in [-0.3, -0.25) is 0 Å². The molecule has 0 radical (unpaired) electrons. The van der Waals surface area contributed by atoms with Gasteiger partial charge in [0.1, 0.15) is 5.75 Å². The minimum absolute atomic E-state index is 0.228. The van der Waals surface area contributed by atoms with Gasteiger partial charge in [0.05, 0.1) is 23.8 Å². The van der Waals surface area contributed by atoms with Crippen LogP contribution in [0.4, 0.5) is 0 Å². The summed E-state index contributed by atoms with van der Waals surface area (Å²) in [6, 6.07) is 21.6. The van der Waals surface area contributed by atoms with E-state index in [0.29, 0.717) is 22.4 Å². The molecule has 0 N–H and O–H groups in total. The van der Waals surface area contributed by atoms with E-state index in [1.165, 1.54) is 18.7 Å². The molecule has 0 saturated carbocycles. The predicted molar refractivity (Wildman–Crippen MR) is 151 cm³/mol. The lowest BCUT2D eigenvalue weighted by Gasteiger charge is -2.32. The number of aryl methyl sites for hydroxylation is 4. The summed E-state index contributed by atoms with van der Waals surface area (Å²) in [5, 5.41) is 0. The van der Waals surface area contributed by atoms with Crippen molar-refractivity contribution in [2.24, 2.45) is 0 Å². The molecular weight excluding hydrogens is 504 g/mol. The third-order valence-electron chi connectivity index (χ3n) is 7.69. The summed E-state index contributed by atoms with van der Waals surface area (Å²) >= 11 is 0. The van der Waals surface area contributed by atoms with E-state index in [1.54, 1.807) is 24.3 Å². The Bertz CT molecular complexity index is 1650. The highest BCUT2D eigenvalue weighted by atomic mass is 16.6. The number of hydrogen-bond acceptors (Lipinski definition) is 6. The second-order valence-corrected chi connectivity index (χ2v) is 10.3. The molecule has 0 amide bonds. The highest BCUT2D eigenvalue weighted by Crippen LogP contribution is 2.48. The van der Waals surface area contributed by atoms with Crippen LogP contribution >= 0.6 is 0 Å². The minimum Gasteiger partial charge on any atom is -0.465 e. The predicted octanol–water partition coefficient (Wildman–Crippen LogP) is 6.70. The number of cyclic esters (lactones) is 1. The molecule has 1 atom stereocenters. The van der Waals surface area contributed by atoms with Crippen molar-refractivity contribution >= 4 is 17.9 Å². The molecular formula is C34H30O6. The molecule has 5 rings (SSSR count). The molecule has 6 nitrogen and oxygen atoms in total. The van der Waals surface area contributed by atoms with Crippen LogP contribution < -0.4 is 4.74 Å². The molecule has 0 aromatic heterocycles. The molecule has 0 saturated heterocycles. The van der Waals surface area contributed by atoms with E-state index in [2.05, 4.69) is 32.9 Å². The molecule has 0 bridgehead atoms. The van der Waals surface area contributed by atoms with Crippen LogP contribution in [-0.2, 0) is 15.1 Å². The monoisotopic (exact) mass is 534 g/mol. The fourth-order valence-electron chi connectivity index (χ4n) is 5.41. The molecule has 1 heterocycles. The number of carbonyl (C=O) groups excluding carboxylic acids is 3. The van der Waals surface area contributed by atoms with Crippen molar-refractivity contribution in [2.45, 2.75) is 40.2 Å². The second-order valence-electron chi connectivity index (χ2n) is 10.3. The van der Waals surface area contributed by atoms with Gasteiger partial charge >= 0.3 is 17.9 Å². The highest BCUT2D eigenvalue weighted by molar-refractivity contribution is 5.97. The van der Waals surface area contributed by atoms with Crippen LogP contribution in [0.25, 0.3) is 0 Å². The van der Waals surface area contributed by atoms with E-state index in [-0.39, 0.29) is 17.1 Å². The Kier molecular flexibility index (Phi) is 6.80. The standard InChI is InChI=1S/C34H30O6/c1-19-14-26(15-20(2)23(19)5)34(29-13-8-7-12-28(29)33(37)40-34)27-16-21(3)30(22(4)17-27)39-32(36)25-11-9-10-24(18-25)31(35)38-6/h7-18H,1-6H3. The molecule has 0 spiro atoms. The molecule has 202 valence electrons. The van der Waals surface area contributed by atoms with Crippen molar-refractivity contribution in [1.29, 1.82) is 0 Å². The lowest BCUT2D eigenvalue weighted by molar-refractivity contribution is 0.0250. The van der Waals surface area contributed by atoms with Crippen molar-refractivity contribution in [3.8, 4) is 5.75 Å². The average molecular weight is 535 g/mol. The van der Waals surface area contributed by atoms with Crippen LogP contribution in [0.5, 0.6) is 5.75 Å². The maximum atomic E-state index is 13.2. The molecule has 0 aliphatic carbocycles. The van der Waals surface area contributed by atoms with Gasteiger partial charge in [0.25, 0.3) is 0 Å². The van der Waals surface area contributed by atoms with Crippen LogP contribution in [0.1, 0.15) is 75.6 Å². The minimum atomic E-state index is -1.16. The molecule has 1 unspecified atom stereocenters. The molecule has 6 heteroatoms. The first-order valence-electron chi connectivity index (χ1n) is 13.0. The number of fused-ring (bicyclic) bond motifs is 1. The van der Waals surface area contributed by atoms with Crippen LogP contribution in [0.3, 0.4) is 0 Å². The first-order valence-corrected chi connectivity index (χ1v) is 13.0. The van der Waals surface area contributed by atoms with Gasteiger partial charge in [-0.2, -0.15) is 0 Å². The van der Waals surface area contributed by atoms with E-state index in [0.717, 1.165) is 27.8 Å². The van der Waals surface area contributed by atoms with Crippen LogP contribution in [-0.4, -0.2) is 25.0 Å². The number of carbonyl (C=O) groups is 3. The van der Waals surface area contributed by atoms with Crippen LogP contribution in [0.2, 0.25) is 0 Å². The molecule has 1 aliphatic heterocycles. The van der Waals surface area contributed by atoms with Gasteiger partial charge in [0.15, 0.2) is 5.60 Å². The van der Waals surface area contributed by atoms with Crippen molar-refractivity contribution in [2.75, 3.05) is 7.11 Å². The summed E-state index contributed by atoms with van der Waals surface area (Å²) in [6.07, 6.45) is 0. The van der Waals surface area contributed by atoms with Crippen molar-refractivity contribution in [3.05, 3.63) is 134 Å². The SMILES string of the molecule is COC(=O)c1cccc(C(=O)Oc2c(C)cc(C3(c4cc(C)c(C)c(C)c4)OC(=O)c4ccccc43)cc2C)c1. The molecule has 40 heavy (non-hydrogen) atoms. The third-order valence-corrected chi connectivity index (χ3v) is 7.69. The zero-order chi connectivity index (χ0) is 28.8. The number of esters is 3. The van der Waals surface area contributed by atoms with Crippen molar-refractivity contribution < 1.29 is 28.6 Å². The fourth-order valence-corrected chi connectivity index (χ4v) is 5.41. The van der Waals surface area contributed by atoms with Gasteiger partial charge in [-0.05, 0) is 98.8 Å². The van der Waals surface area contributed by atoms with E-state index in [4.69, 9.17) is 14.2 Å². The molecule has 4 aromatic rings. The first-order chi connectivity index (χ1) is 19.1. The summed E-state index contributed by atoms with van der Waals surface area (Å²) in [4.78, 5) is 38.2. The third kappa shape index (κ3) is 4.35. The van der Waals surface area contributed by atoms with Crippen molar-refractivity contribution in [3.63, 3.8) is 0 Å². The number of hydrogen-bond donors (Lipinski definition) is 0. The summed E-state index contributed by atoms with van der Waals surface area (Å²) in [5.41, 5.74) is 7.02. The molecule has 0 fully saturated rings. The van der Waals surface area contributed by atoms with Gasteiger partial charge in [0.2, 0.25) is 0 Å². The Morgan fingerprint density at radius 2 is 1.25 bits per heavy atom. The topological polar surface area (TPSA) is 78.9 Å². The quantitative estimate of drug-likeness (QED) is 0.210. The Labute approximate surface area is 233 Å². The average Bonchev–Trinajstić information content (AvgIpc) is 3.26. The van der Waals surface area contributed by atoms with Crippen LogP contribution in [0.15, 0.2) is 72.8 Å². The smallest absolute Gasteiger partial charge is 0.343 e. The zero-order valence-corrected chi connectivity index (χ0v) is 23.4. The summed E-state index contributed by atoms with van der Waals surface area (Å²) in [7, 11) is 1.29. The van der Waals surface area contributed by atoms with Gasteiger partial charge in [0, 0.05) is 16.7 Å². The number of methoxy groups -OCH3 is 1. The Morgan fingerprint density at radius 1 is 0.700 bits per heavy atom. The fraction of sp³-hybridized carbons (Fsp3) is 0.206. The lowest BCUT2D eigenvalue weighted by Crippen LogP contribution is -2.30. The first kappa shape index (κ1) is 26.9. The van der Waals surface area contributed by atoms with E-state index in [9.17, 15) is 14.4 Å². The van der Waals surface area contributed by atoms with E-state index in [1.807, 2.05) is 44.2 Å². The maximum Gasteiger partial charge on any atom is 0.343 e. The van der Waals surface area contributed by atoms with Crippen molar-refractivity contribution in [1.82, 2.24) is 0 Å². The normalized spacial score (nSPS) is 15.8. The van der Waals surface area contributed by atoms with E-state index < -0.39 is 17.5 Å². The van der Waals surface area contributed by atoms with Gasteiger partial charge in [-0.25, -0.2) is 14.4 Å². The Morgan fingerprint density at radius 3 is 1.85 bits per heavy atom. The summed E-state index contributed by atoms with van der Waals surface area (Å²) < 4.78 is 16.9. The number of ether oxygens (including phenoxy) is 3. The second kappa shape index (κ2) is 10.1. The number of rotatable bonds is 5. The summed E-state index contributed by atoms with van der Waals surface area (Å²) in [5.74, 6) is -1.12. The van der Waals surface area contributed by atoms with Gasteiger partial charge in [-0.1, -0.05) is 36.4 Å². The Balaban J connectivity index is 1.62. The van der Waals surface area contributed by atoms with Crippen LogP contribution in [0, 0.1) is 34.6 Å². The Hall–Kier alpha value is -4.71. The number of benzene rings is 4. The molecule has 1 aliphatic rings. The largest absolute Gasteiger partial charge is 0.465 e. The van der Waals surface area contributed by atoms with Gasteiger partial charge in [-0.15, -0.1) is 0 Å². The highest BCUT2D eigenvalue weighted by Gasteiger charge is 2.49. The summed E-state index contributed by atoms with van der Waals surface area (Å²) in [6.45, 7) is 9.89. The maximum absolute atomic E-state index is 13.2. The van der Waals surface area contributed by atoms with E-state index >= 15 is 0 Å².